The van der Waals surface area contributed by atoms with Gasteiger partial charge >= 0.3 is 0 Å². The van der Waals surface area contributed by atoms with Crippen LogP contribution in [0.5, 0.6) is 0 Å². The van der Waals surface area contributed by atoms with Gasteiger partial charge in [-0.2, -0.15) is 0 Å². The summed E-state index contributed by atoms with van der Waals surface area (Å²) >= 11 is 5.69. The van der Waals surface area contributed by atoms with Crippen LogP contribution < -0.4 is 4.72 Å². The molecule has 0 atom stereocenters. The Kier molecular flexibility index (Phi) is 3.53. The van der Waals surface area contributed by atoms with E-state index in [9.17, 15) is 8.42 Å². The smallest absolute Gasteiger partial charge is 0.262 e. The van der Waals surface area contributed by atoms with Crippen molar-refractivity contribution in [3.05, 3.63) is 65.9 Å². The molecule has 1 heterocycles. The van der Waals surface area contributed by atoms with Crippen molar-refractivity contribution < 1.29 is 8.42 Å². The number of nitrogens with one attached hydrogen (secondary N) is 1. The maximum absolute atomic E-state index is 12.5. The zero-order valence-corrected chi connectivity index (χ0v) is 12.4. The Labute approximate surface area is 127 Å². The highest BCUT2D eigenvalue weighted by atomic mass is 35.5. The molecule has 0 saturated heterocycles. The SMILES string of the molecule is O=S(=O)(Nc1ccc(Cl)nc1)c1cccc2ccccc12. The van der Waals surface area contributed by atoms with Crippen molar-refractivity contribution in [2.24, 2.45) is 0 Å². The zero-order valence-electron chi connectivity index (χ0n) is 10.8. The highest BCUT2D eigenvalue weighted by Crippen LogP contribution is 2.24. The number of hydrogen-bond acceptors (Lipinski definition) is 3. The van der Waals surface area contributed by atoms with E-state index in [0.29, 0.717) is 16.2 Å². The molecule has 0 spiro atoms. The Morgan fingerprint density at radius 2 is 1.71 bits per heavy atom. The van der Waals surface area contributed by atoms with Gasteiger partial charge in [0, 0.05) is 5.39 Å². The van der Waals surface area contributed by atoms with Crippen molar-refractivity contribution in [2.75, 3.05) is 4.72 Å². The van der Waals surface area contributed by atoms with Crippen molar-refractivity contribution >= 4 is 38.1 Å². The Morgan fingerprint density at radius 3 is 2.48 bits per heavy atom. The Bertz CT molecular complexity index is 888. The molecule has 2 aromatic carbocycles. The van der Waals surface area contributed by atoms with E-state index in [1.807, 2.05) is 24.3 Å². The first-order valence-electron chi connectivity index (χ1n) is 6.18. The third-order valence-corrected chi connectivity index (χ3v) is 4.68. The molecular weight excluding hydrogens is 308 g/mol. The number of fused-ring (bicyclic) bond motifs is 1. The van der Waals surface area contributed by atoms with Crippen LogP contribution in [-0.4, -0.2) is 13.4 Å². The number of aromatic nitrogens is 1. The molecule has 106 valence electrons. The fourth-order valence-corrected chi connectivity index (χ4v) is 3.46. The number of benzene rings is 2. The first-order valence-corrected chi connectivity index (χ1v) is 8.04. The Morgan fingerprint density at radius 1 is 0.952 bits per heavy atom. The van der Waals surface area contributed by atoms with Crippen molar-refractivity contribution in [1.82, 2.24) is 4.98 Å². The fraction of sp³-hybridized carbons (Fsp3) is 0. The summed E-state index contributed by atoms with van der Waals surface area (Å²) in [4.78, 5) is 4.09. The van der Waals surface area contributed by atoms with E-state index in [-0.39, 0.29) is 4.90 Å². The van der Waals surface area contributed by atoms with Gasteiger partial charge < -0.3 is 0 Å². The third kappa shape index (κ3) is 2.84. The van der Waals surface area contributed by atoms with Gasteiger partial charge in [0.05, 0.1) is 16.8 Å². The van der Waals surface area contributed by atoms with E-state index < -0.39 is 10.0 Å². The second-order valence-electron chi connectivity index (χ2n) is 4.45. The lowest BCUT2D eigenvalue weighted by Gasteiger charge is -2.10. The summed E-state index contributed by atoms with van der Waals surface area (Å²) in [5.74, 6) is 0. The number of hydrogen-bond donors (Lipinski definition) is 1. The summed E-state index contributed by atoms with van der Waals surface area (Å²) in [6.45, 7) is 0. The molecule has 6 heteroatoms. The van der Waals surface area contributed by atoms with Crippen molar-refractivity contribution in [3.8, 4) is 0 Å². The van der Waals surface area contributed by atoms with Crippen LogP contribution in [-0.2, 0) is 10.0 Å². The van der Waals surface area contributed by atoms with Crippen LogP contribution in [0.4, 0.5) is 5.69 Å². The number of rotatable bonds is 3. The number of sulfonamides is 1. The standard InChI is InChI=1S/C15H11ClN2O2S/c16-15-9-8-12(10-17-15)18-21(19,20)14-7-3-5-11-4-1-2-6-13(11)14/h1-10,18H. The minimum atomic E-state index is -3.69. The summed E-state index contributed by atoms with van der Waals surface area (Å²) in [6, 6.07) is 15.6. The molecule has 0 aliphatic heterocycles. The van der Waals surface area contributed by atoms with Crippen molar-refractivity contribution in [1.29, 1.82) is 0 Å². The van der Waals surface area contributed by atoms with Gasteiger partial charge in [-0.3, -0.25) is 4.72 Å². The second-order valence-corrected chi connectivity index (χ2v) is 6.49. The van der Waals surface area contributed by atoms with Gasteiger partial charge in [0.2, 0.25) is 0 Å². The number of halogens is 1. The summed E-state index contributed by atoms with van der Waals surface area (Å²) < 4.78 is 27.6. The van der Waals surface area contributed by atoms with Crippen LogP contribution in [0.3, 0.4) is 0 Å². The summed E-state index contributed by atoms with van der Waals surface area (Å²) in [6.07, 6.45) is 1.38. The molecular formula is C15H11ClN2O2S. The van der Waals surface area contributed by atoms with Gasteiger partial charge in [-0.05, 0) is 23.6 Å². The first kappa shape index (κ1) is 13.9. The lowest BCUT2D eigenvalue weighted by Crippen LogP contribution is -2.13. The van der Waals surface area contributed by atoms with E-state index in [1.54, 1.807) is 24.3 Å². The molecule has 0 saturated carbocycles. The number of pyridine rings is 1. The molecule has 0 radical (unpaired) electrons. The molecule has 3 rings (SSSR count). The number of nitrogens with zero attached hydrogens (tertiary/aromatic N) is 1. The predicted octanol–water partition coefficient (Wildman–Crippen LogP) is 3.69. The lowest BCUT2D eigenvalue weighted by atomic mass is 10.1. The summed E-state index contributed by atoms with van der Waals surface area (Å²) in [5.41, 5.74) is 0.368. The van der Waals surface area contributed by atoms with Gasteiger partial charge in [0.25, 0.3) is 10.0 Å². The summed E-state index contributed by atoms with van der Waals surface area (Å²) in [5, 5.41) is 1.85. The van der Waals surface area contributed by atoms with Crippen molar-refractivity contribution in [2.45, 2.75) is 4.90 Å². The van der Waals surface area contributed by atoms with Crippen LogP contribution >= 0.6 is 11.6 Å². The molecule has 4 nitrogen and oxygen atoms in total. The highest BCUT2D eigenvalue weighted by molar-refractivity contribution is 7.93. The minimum absolute atomic E-state index is 0.232. The molecule has 0 unspecified atom stereocenters. The van der Waals surface area contributed by atoms with Gasteiger partial charge in [-0.15, -0.1) is 0 Å². The van der Waals surface area contributed by atoms with Crippen LogP contribution in [0, 0.1) is 0 Å². The predicted molar refractivity (Wildman–Crippen MR) is 84.0 cm³/mol. The molecule has 0 aliphatic rings. The van der Waals surface area contributed by atoms with E-state index >= 15 is 0 Å². The monoisotopic (exact) mass is 318 g/mol. The maximum Gasteiger partial charge on any atom is 0.262 e. The van der Waals surface area contributed by atoms with Crippen LogP contribution in [0.1, 0.15) is 0 Å². The first-order chi connectivity index (χ1) is 10.1. The molecule has 0 aliphatic carbocycles. The normalized spacial score (nSPS) is 11.5. The topological polar surface area (TPSA) is 59.1 Å². The quantitative estimate of drug-likeness (QED) is 0.749. The number of anilines is 1. The second kappa shape index (κ2) is 5.35. The van der Waals surface area contributed by atoms with E-state index in [2.05, 4.69) is 9.71 Å². The highest BCUT2D eigenvalue weighted by Gasteiger charge is 2.17. The molecule has 3 aromatic rings. The largest absolute Gasteiger partial charge is 0.278 e. The fourth-order valence-electron chi connectivity index (χ4n) is 2.08. The van der Waals surface area contributed by atoms with Crippen LogP contribution in [0.25, 0.3) is 10.8 Å². The molecule has 0 fully saturated rings. The van der Waals surface area contributed by atoms with Gasteiger partial charge in [-0.25, -0.2) is 13.4 Å². The molecule has 0 bridgehead atoms. The molecule has 0 amide bonds. The van der Waals surface area contributed by atoms with E-state index in [1.165, 1.54) is 12.3 Å². The lowest BCUT2D eigenvalue weighted by molar-refractivity contribution is 0.602. The van der Waals surface area contributed by atoms with Gasteiger partial charge in [0.15, 0.2) is 0 Å². The van der Waals surface area contributed by atoms with Gasteiger partial charge in [0.1, 0.15) is 5.15 Å². The van der Waals surface area contributed by atoms with Crippen LogP contribution in [0.15, 0.2) is 65.7 Å². The van der Waals surface area contributed by atoms with E-state index in [0.717, 1.165) is 5.39 Å². The summed E-state index contributed by atoms with van der Waals surface area (Å²) in [7, 11) is -3.69. The molecule has 1 N–H and O–H groups in total. The van der Waals surface area contributed by atoms with Crippen LogP contribution in [0.2, 0.25) is 5.15 Å². The molecule has 21 heavy (non-hydrogen) atoms. The van der Waals surface area contributed by atoms with E-state index in [4.69, 9.17) is 11.6 Å². The average Bonchev–Trinajstić information content (AvgIpc) is 2.49. The Hall–Kier alpha value is -2.11. The van der Waals surface area contributed by atoms with Crippen molar-refractivity contribution in [3.63, 3.8) is 0 Å². The minimum Gasteiger partial charge on any atom is -0.278 e. The zero-order chi connectivity index (χ0) is 14.9. The molecule has 1 aromatic heterocycles. The van der Waals surface area contributed by atoms with Gasteiger partial charge in [-0.1, -0.05) is 48.0 Å². The Balaban J connectivity index is 2.06. The third-order valence-electron chi connectivity index (χ3n) is 3.02. The maximum atomic E-state index is 12.5. The average molecular weight is 319 g/mol.